The highest BCUT2D eigenvalue weighted by molar-refractivity contribution is 5.68. The van der Waals surface area contributed by atoms with E-state index in [0.717, 1.165) is 56.1 Å². The summed E-state index contributed by atoms with van der Waals surface area (Å²) in [5, 5.41) is 27.6. The molecule has 0 aliphatic rings. The number of carboxylic acid groups (broad SMARTS) is 2. The van der Waals surface area contributed by atoms with Gasteiger partial charge >= 0.3 is 12.2 Å². The van der Waals surface area contributed by atoms with Crippen LogP contribution in [0.1, 0.15) is 77.3 Å². The molecule has 0 spiro atoms. The molecular formula is C35H52N4O6. The Bertz CT molecular complexity index is 1160. The Morgan fingerprint density at radius 1 is 0.778 bits per heavy atom. The zero-order chi connectivity index (χ0) is 33.2. The molecule has 0 saturated heterocycles. The molecule has 0 aliphatic carbocycles. The quantitative estimate of drug-likeness (QED) is 0.0470. The second-order valence-electron chi connectivity index (χ2n) is 12.5. The number of hydrogen-bond donors (Lipinski definition) is 5. The van der Waals surface area contributed by atoms with Crippen molar-refractivity contribution < 1.29 is 29.4 Å². The second kappa shape index (κ2) is 19.6. The van der Waals surface area contributed by atoms with Crippen molar-refractivity contribution in [2.24, 2.45) is 17.8 Å². The van der Waals surface area contributed by atoms with Crippen molar-refractivity contribution in [3.05, 3.63) is 71.8 Å². The van der Waals surface area contributed by atoms with Crippen LogP contribution in [0.4, 0.5) is 9.59 Å². The van der Waals surface area contributed by atoms with Crippen LogP contribution in [0.5, 0.6) is 0 Å². The Morgan fingerprint density at radius 3 is 1.87 bits per heavy atom. The summed E-state index contributed by atoms with van der Waals surface area (Å²) < 4.78 is 0. The smallest absolute Gasteiger partial charge is 0.419 e. The molecule has 2 aromatic carbocycles. The first-order chi connectivity index (χ1) is 21.5. The first-order valence-corrected chi connectivity index (χ1v) is 16.1. The van der Waals surface area contributed by atoms with Crippen molar-refractivity contribution in [3.63, 3.8) is 0 Å². The van der Waals surface area contributed by atoms with E-state index in [-0.39, 0.29) is 24.3 Å². The maximum Gasteiger partial charge on any atom is 0.419 e. The lowest BCUT2D eigenvalue weighted by molar-refractivity contribution is -0.125. The van der Waals surface area contributed by atoms with Gasteiger partial charge in [0.15, 0.2) is 0 Å². The van der Waals surface area contributed by atoms with Gasteiger partial charge in [-0.2, -0.15) is 5.01 Å². The lowest BCUT2D eigenvalue weighted by Gasteiger charge is -2.51. The maximum atomic E-state index is 12.6. The number of unbranched alkanes of at least 4 members (excludes halogenated alkanes) is 4. The molecule has 0 bridgehead atoms. The van der Waals surface area contributed by atoms with Crippen molar-refractivity contribution in [1.29, 1.82) is 0 Å². The molecule has 2 unspecified atom stereocenters. The van der Waals surface area contributed by atoms with E-state index in [4.69, 9.17) is 0 Å². The largest absolute Gasteiger partial charge is 0.465 e. The molecule has 5 N–H and O–H groups in total. The number of aldehydes is 2. The number of carbonyl (C=O) groups excluding carboxylic acids is 2. The van der Waals surface area contributed by atoms with E-state index in [1.54, 1.807) is 0 Å². The van der Waals surface area contributed by atoms with Crippen LogP contribution in [0.2, 0.25) is 0 Å². The molecule has 0 saturated carbocycles. The van der Waals surface area contributed by atoms with E-state index in [1.807, 2.05) is 88.4 Å². The molecule has 0 radical (unpaired) electrons. The van der Waals surface area contributed by atoms with E-state index in [1.165, 1.54) is 5.01 Å². The van der Waals surface area contributed by atoms with Gasteiger partial charge in [-0.05, 0) is 48.8 Å². The van der Waals surface area contributed by atoms with Crippen LogP contribution in [0.25, 0.3) is 0 Å². The maximum absolute atomic E-state index is 12.6. The van der Waals surface area contributed by atoms with Gasteiger partial charge in [0.1, 0.15) is 18.2 Å². The highest BCUT2D eigenvalue weighted by Gasteiger charge is 2.49. The molecule has 10 nitrogen and oxygen atoms in total. The number of nitrogens with one attached hydrogen (secondary N) is 3. The van der Waals surface area contributed by atoms with Crippen molar-refractivity contribution >= 4 is 24.8 Å². The molecule has 0 heterocycles. The minimum absolute atomic E-state index is 0.133. The minimum atomic E-state index is -1.50. The molecule has 0 aliphatic heterocycles. The van der Waals surface area contributed by atoms with Crippen molar-refractivity contribution in [2.75, 3.05) is 6.54 Å². The summed E-state index contributed by atoms with van der Waals surface area (Å²) in [7, 11) is 0. The van der Waals surface area contributed by atoms with Gasteiger partial charge < -0.3 is 30.4 Å². The van der Waals surface area contributed by atoms with Crippen LogP contribution in [-0.4, -0.2) is 64.3 Å². The van der Waals surface area contributed by atoms with Gasteiger partial charge in [0, 0.05) is 12.3 Å². The first-order valence-electron chi connectivity index (χ1n) is 16.1. The summed E-state index contributed by atoms with van der Waals surface area (Å²) in [6.07, 6.45) is 4.70. The third kappa shape index (κ3) is 12.3. The predicted octanol–water partition coefficient (Wildman–Crippen LogP) is 5.91. The van der Waals surface area contributed by atoms with Crippen LogP contribution < -0.4 is 16.1 Å². The molecule has 2 aromatic rings. The van der Waals surface area contributed by atoms with Crippen LogP contribution in [-0.2, 0) is 22.4 Å². The summed E-state index contributed by atoms with van der Waals surface area (Å²) in [4.78, 5) is 48.6. The predicted molar refractivity (Wildman–Crippen MR) is 176 cm³/mol. The molecule has 0 aromatic heterocycles. The molecule has 2 rings (SSSR count). The molecule has 248 valence electrons. The van der Waals surface area contributed by atoms with Crippen molar-refractivity contribution in [3.8, 4) is 0 Å². The molecule has 10 heteroatoms. The standard InChI is InChI=1S/C35H52N4O6/c1-26(2)31(24-40)36-21-15-7-5-6-14-20-30(22-28-16-10-8-11-17-28)35(37-33(42)43,23-29-18-12-9-13-19-29)39(38-34(44)45)32(25-41)27(3)4/h8-13,16-19,24-27,30-32,36-38H,5-7,14-15,20-23H2,1-4H3,(H,42,43)(H,44,45)/t30-,31?,32+,35?/m0/s1. The fourth-order valence-electron chi connectivity index (χ4n) is 5.95. The van der Waals surface area contributed by atoms with Gasteiger partial charge in [-0.1, -0.05) is 114 Å². The molecule has 4 atom stereocenters. The zero-order valence-corrected chi connectivity index (χ0v) is 27.2. The average Bonchev–Trinajstić information content (AvgIpc) is 2.99. The fraction of sp³-hybridized carbons (Fsp3) is 0.543. The number of amides is 2. The van der Waals surface area contributed by atoms with Gasteiger partial charge in [0.25, 0.3) is 0 Å². The Kier molecular flexibility index (Phi) is 16.3. The summed E-state index contributed by atoms with van der Waals surface area (Å²) in [5.74, 6) is -0.491. The van der Waals surface area contributed by atoms with Gasteiger partial charge in [0.2, 0.25) is 0 Å². The van der Waals surface area contributed by atoms with Gasteiger partial charge in [0.05, 0.1) is 12.1 Å². The Hall–Kier alpha value is -3.76. The van der Waals surface area contributed by atoms with Gasteiger partial charge in [-0.15, -0.1) is 0 Å². The van der Waals surface area contributed by atoms with Crippen molar-refractivity contribution in [1.82, 2.24) is 21.1 Å². The Labute approximate surface area is 267 Å². The van der Waals surface area contributed by atoms with Crippen LogP contribution >= 0.6 is 0 Å². The molecule has 45 heavy (non-hydrogen) atoms. The van der Waals surface area contributed by atoms with Crippen LogP contribution in [0.3, 0.4) is 0 Å². The minimum Gasteiger partial charge on any atom is -0.465 e. The lowest BCUT2D eigenvalue weighted by Crippen LogP contribution is -2.73. The summed E-state index contributed by atoms with van der Waals surface area (Å²) in [6, 6.07) is 18.0. The van der Waals surface area contributed by atoms with Gasteiger partial charge in [-0.3, -0.25) is 5.43 Å². The van der Waals surface area contributed by atoms with Crippen LogP contribution in [0, 0.1) is 17.8 Å². The number of benzene rings is 2. The normalized spacial score (nSPS) is 14.8. The van der Waals surface area contributed by atoms with E-state index in [2.05, 4.69) is 16.1 Å². The van der Waals surface area contributed by atoms with E-state index >= 15 is 0 Å². The van der Waals surface area contributed by atoms with E-state index in [9.17, 15) is 29.4 Å². The second-order valence-corrected chi connectivity index (χ2v) is 12.5. The highest BCUT2D eigenvalue weighted by Crippen LogP contribution is 2.35. The first kappa shape index (κ1) is 37.4. The average molecular weight is 625 g/mol. The number of hydrazine groups is 1. The number of rotatable bonds is 22. The van der Waals surface area contributed by atoms with E-state index in [0.29, 0.717) is 19.1 Å². The molecule has 0 fully saturated rings. The van der Waals surface area contributed by atoms with E-state index < -0.39 is 29.8 Å². The summed E-state index contributed by atoms with van der Waals surface area (Å²) in [6.45, 7) is 8.41. The highest BCUT2D eigenvalue weighted by atomic mass is 16.4. The third-order valence-corrected chi connectivity index (χ3v) is 8.38. The Balaban J connectivity index is 2.45. The SMILES string of the molecule is CC(C)C(C=O)NCCCCCCC[C@@H](Cc1ccccc1)C(Cc1ccccc1)(NC(=O)O)N(NC(=O)O)[C@H](C=O)C(C)C. The fourth-order valence-corrected chi connectivity index (χ4v) is 5.95. The third-order valence-electron chi connectivity index (χ3n) is 8.38. The summed E-state index contributed by atoms with van der Waals surface area (Å²) in [5.41, 5.74) is 2.74. The number of nitrogens with zero attached hydrogens (tertiary/aromatic N) is 1. The topological polar surface area (TPSA) is 148 Å². The summed E-state index contributed by atoms with van der Waals surface area (Å²) >= 11 is 0. The van der Waals surface area contributed by atoms with Crippen molar-refractivity contribution in [2.45, 2.75) is 96.8 Å². The zero-order valence-electron chi connectivity index (χ0n) is 27.2. The molecular weight excluding hydrogens is 572 g/mol. The van der Waals surface area contributed by atoms with Crippen LogP contribution in [0.15, 0.2) is 60.7 Å². The molecule has 2 amide bonds. The lowest BCUT2D eigenvalue weighted by atomic mass is 9.77. The number of hydrogen-bond acceptors (Lipinski definition) is 6. The monoisotopic (exact) mass is 624 g/mol. The number of carbonyl (C=O) groups is 4. The Morgan fingerprint density at radius 2 is 1.36 bits per heavy atom. The van der Waals surface area contributed by atoms with Gasteiger partial charge in [-0.25, -0.2) is 9.59 Å².